The first kappa shape index (κ1) is 15.2. The minimum Gasteiger partial charge on any atom is -0.383 e. The lowest BCUT2D eigenvalue weighted by Gasteiger charge is -2.41. The van der Waals surface area contributed by atoms with Gasteiger partial charge in [-0.15, -0.1) is 0 Å². The molecule has 1 aliphatic carbocycles. The average Bonchev–Trinajstić information content (AvgIpc) is 3.14. The van der Waals surface area contributed by atoms with Gasteiger partial charge in [0, 0.05) is 51.4 Å². The van der Waals surface area contributed by atoms with Gasteiger partial charge in [0.15, 0.2) is 0 Å². The van der Waals surface area contributed by atoms with E-state index < -0.39 is 0 Å². The number of nitrogens with two attached hydrogens (primary N) is 1. The van der Waals surface area contributed by atoms with Crippen molar-refractivity contribution < 1.29 is 4.74 Å². The van der Waals surface area contributed by atoms with Crippen LogP contribution in [0.25, 0.3) is 0 Å². The predicted octanol–water partition coefficient (Wildman–Crippen LogP) is 1.16. The lowest BCUT2D eigenvalue weighted by atomic mass is 9.94. The van der Waals surface area contributed by atoms with Gasteiger partial charge in [-0.25, -0.2) is 0 Å². The maximum Gasteiger partial charge on any atom is 0.0589 e. The summed E-state index contributed by atoms with van der Waals surface area (Å²) in [6, 6.07) is 0.858. The van der Waals surface area contributed by atoms with Crippen molar-refractivity contribution in [2.24, 2.45) is 11.7 Å². The molecular formula is C15H31N3O. The highest BCUT2D eigenvalue weighted by molar-refractivity contribution is 5.03. The minimum atomic E-state index is 0.186. The zero-order valence-electron chi connectivity index (χ0n) is 12.9. The van der Waals surface area contributed by atoms with Gasteiger partial charge in [0.05, 0.1) is 6.61 Å². The van der Waals surface area contributed by atoms with Crippen molar-refractivity contribution in [1.82, 2.24) is 9.80 Å². The number of nitrogens with zero attached hydrogens (tertiary/aromatic N) is 2. The Morgan fingerprint density at radius 1 is 1.42 bits per heavy atom. The zero-order chi connectivity index (χ0) is 13.9. The number of hydrogen-bond acceptors (Lipinski definition) is 4. The molecule has 112 valence electrons. The largest absolute Gasteiger partial charge is 0.383 e. The SMILES string of the molecule is COCCN(CC(C)C)C1(CN)CCN(C2CC2)C1. The number of hydrogen-bond donors (Lipinski definition) is 1. The normalized spacial score (nSPS) is 28.7. The van der Waals surface area contributed by atoms with E-state index in [1.807, 2.05) is 0 Å². The van der Waals surface area contributed by atoms with Gasteiger partial charge in [-0.05, 0) is 25.2 Å². The molecule has 1 atom stereocenters. The molecular weight excluding hydrogens is 238 g/mol. The Balaban J connectivity index is 2.01. The van der Waals surface area contributed by atoms with Crippen molar-refractivity contribution >= 4 is 0 Å². The zero-order valence-corrected chi connectivity index (χ0v) is 12.9. The van der Waals surface area contributed by atoms with Crippen molar-refractivity contribution in [2.45, 2.75) is 44.7 Å². The van der Waals surface area contributed by atoms with Crippen LogP contribution in [-0.4, -0.2) is 67.8 Å². The highest BCUT2D eigenvalue weighted by atomic mass is 16.5. The van der Waals surface area contributed by atoms with E-state index in [1.165, 1.54) is 25.8 Å². The molecule has 1 heterocycles. The monoisotopic (exact) mass is 269 g/mol. The Labute approximate surface area is 118 Å². The van der Waals surface area contributed by atoms with Crippen molar-refractivity contribution in [1.29, 1.82) is 0 Å². The summed E-state index contributed by atoms with van der Waals surface area (Å²) in [5.74, 6) is 0.676. The molecule has 1 saturated carbocycles. The summed E-state index contributed by atoms with van der Waals surface area (Å²) in [6.45, 7) is 10.7. The van der Waals surface area contributed by atoms with Crippen LogP contribution in [0.15, 0.2) is 0 Å². The molecule has 2 rings (SSSR count). The van der Waals surface area contributed by atoms with E-state index in [1.54, 1.807) is 7.11 Å². The highest BCUT2D eigenvalue weighted by Gasteiger charge is 2.45. The standard InChI is InChI=1S/C15H31N3O/c1-13(2)10-18(8-9-19-3)15(11-16)6-7-17(12-15)14-4-5-14/h13-14H,4-12,16H2,1-3H3. The fraction of sp³-hybridized carbons (Fsp3) is 1.00. The van der Waals surface area contributed by atoms with E-state index in [2.05, 4.69) is 23.6 Å². The van der Waals surface area contributed by atoms with E-state index in [0.29, 0.717) is 5.92 Å². The predicted molar refractivity (Wildman–Crippen MR) is 79.3 cm³/mol. The molecule has 4 nitrogen and oxygen atoms in total. The van der Waals surface area contributed by atoms with Crippen LogP contribution in [0.2, 0.25) is 0 Å². The summed E-state index contributed by atoms with van der Waals surface area (Å²) in [7, 11) is 1.79. The smallest absolute Gasteiger partial charge is 0.0589 e. The van der Waals surface area contributed by atoms with Gasteiger partial charge in [0.1, 0.15) is 0 Å². The van der Waals surface area contributed by atoms with E-state index in [4.69, 9.17) is 10.5 Å². The molecule has 2 fully saturated rings. The number of likely N-dealkylation sites (tertiary alicyclic amines) is 1. The summed E-state index contributed by atoms with van der Waals surface area (Å²) in [5.41, 5.74) is 6.38. The number of ether oxygens (including phenoxy) is 1. The van der Waals surface area contributed by atoms with Crippen LogP contribution >= 0.6 is 0 Å². The minimum absolute atomic E-state index is 0.186. The molecule has 1 aliphatic heterocycles. The van der Waals surface area contributed by atoms with Crippen LogP contribution < -0.4 is 5.73 Å². The van der Waals surface area contributed by atoms with Crippen molar-refractivity contribution in [2.75, 3.05) is 46.4 Å². The van der Waals surface area contributed by atoms with E-state index in [0.717, 1.165) is 38.8 Å². The van der Waals surface area contributed by atoms with Gasteiger partial charge in [0.25, 0.3) is 0 Å². The summed E-state index contributed by atoms with van der Waals surface area (Å²) in [4.78, 5) is 5.26. The van der Waals surface area contributed by atoms with Crippen LogP contribution in [-0.2, 0) is 4.74 Å². The lowest BCUT2D eigenvalue weighted by molar-refractivity contribution is 0.0537. The third-order valence-corrected chi connectivity index (χ3v) is 4.63. The fourth-order valence-corrected chi connectivity index (χ4v) is 3.36. The van der Waals surface area contributed by atoms with Gasteiger partial charge in [0.2, 0.25) is 0 Å². The molecule has 0 radical (unpaired) electrons. The van der Waals surface area contributed by atoms with Crippen LogP contribution in [0.4, 0.5) is 0 Å². The van der Waals surface area contributed by atoms with E-state index in [-0.39, 0.29) is 5.54 Å². The Kier molecular flexibility index (Phi) is 5.23. The van der Waals surface area contributed by atoms with E-state index >= 15 is 0 Å². The van der Waals surface area contributed by atoms with Crippen LogP contribution in [0.5, 0.6) is 0 Å². The second-order valence-corrected chi connectivity index (χ2v) is 6.71. The molecule has 2 N–H and O–H groups in total. The second-order valence-electron chi connectivity index (χ2n) is 6.71. The van der Waals surface area contributed by atoms with Crippen molar-refractivity contribution in [3.8, 4) is 0 Å². The van der Waals surface area contributed by atoms with Crippen LogP contribution in [0.1, 0.15) is 33.1 Å². The first-order valence-electron chi connectivity index (χ1n) is 7.79. The van der Waals surface area contributed by atoms with Gasteiger partial charge in [-0.3, -0.25) is 9.80 Å². The van der Waals surface area contributed by atoms with Crippen LogP contribution in [0, 0.1) is 5.92 Å². The molecule has 0 aromatic rings. The topological polar surface area (TPSA) is 41.7 Å². The molecule has 19 heavy (non-hydrogen) atoms. The van der Waals surface area contributed by atoms with Crippen molar-refractivity contribution in [3.63, 3.8) is 0 Å². The number of methoxy groups -OCH3 is 1. The molecule has 4 heteroatoms. The Bertz CT molecular complexity index is 281. The molecule has 0 aromatic heterocycles. The fourth-order valence-electron chi connectivity index (χ4n) is 3.36. The maximum absolute atomic E-state index is 6.19. The van der Waals surface area contributed by atoms with Crippen LogP contribution in [0.3, 0.4) is 0 Å². The molecule has 0 amide bonds. The summed E-state index contributed by atoms with van der Waals surface area (Å²) < 4.78 is 5.29. The molecule has 1 unspecified atom stereocenters. The average molecular weight is 269 g/mol. The lowest BCUT2D eigenvalue weighted by Crippen LogP contribution is -2.57. The molecule has 0 bridgehead atoms. The Morgan fingerprint density at radius 3 is 2.68 bits per heavy atom. The van der Waals surface area contributed by atoms with Gasteiger partial charge < -0.3 is 10.5 Å². The first-order valence-corrected chi connectivity index (χ1v) is 7.79. The van der Waals surface area contributed by atoms with Gasteiger partial charge in [-0.2, -0.15) is 0 Å². The van der Waals surface area contributed by atoms with Gasteiger partial charge >= 0.3 is 0 Å². The third-order valence-electron chi connectivity index (χ3n) is 4.63. The molecule has 0 spiro atoms. The summed E-state index contributed by atoms with van der Waals surface area (Å²) in [6.07, 6.45) is 4.00. The van der Waals surface area contributed by atoms with Gasteiger partial charge in [-0.1, -0.05) is 13.8 Å². The Morgan fingerprint density at radius 2 is 2.16 bits per heavy atom. The first-order chi connectivity index (χ1) is 9.11. The quantitative estimate of drug-likeness (QED) is 0.718. The molecule has 0 aromatic carbocycles. The van der Waals surface area contributed by atoms with Crippen molar-refractivity contribution in [3.05, 3.63) is 0 Å². The third kappa shape index (κ3) is 3.69. The Hall–Kier alpha value is -0.160. The second kappa shape index (κ2) is 6.53. The molecule has 1 saturated heterocycles. The summed E-state index contributed by atoms with van der Waals surface area (Å²) >= 11 is 0. The van der Waals surface area contributed by atoms with E-state index in [9.17, 15) is 0 Å². The molecule has 2 aliphatic rings. The highest BCUT2D eigenvalue weighted by Crippen LogP contribution is 2.36. The summed E-state index contributed by atoms with van der Waals surface area (Å²) in [5, 5.41) is 0. The number of rotatable bonds is 8. The maximum atomic E-state index is 6.19.